The Labute approximate surface area is 208 Å². The molecule has 1 amide bonds. The average molecular weight is 550 g/mol. The fourth-order valence-electron chi connectivity index (χ4n) is 4.86. The molecular formula is C25H36IN5O. The quantitative estimate of drug-likeness (QED) is 0.323. The van der Waals surface area contributed by atoms with Crippen LogP contribution in [0.2, 0.25) is 0 Å². The molecule has 1 aliphatic carbocycles. The summed E-state index contributed by atoms with van der Waals surface area (Å²) in [7, 11) is 0. The van der Waals surface area contributed by atoms with Gasteiger partial charge in [-0.15, -0.1) is 24.0 Å². The van der Waals surface area contributed by atoms with Crippen molar-refractivity contribution in [1.29, 1.82) is 0 Å². The number of aliphatic imine (C=N–C) groups is 1. The van der Waals surface area contributed by atoms with Gasteiger partial charge in [-0.3, -0.25) is 14.8 Å². The Hall–Kier alpha value is -1.90. The zero-order chi connectivity index (χ0) is 21.5. The van der Waals surface area contributed by atoms with Gasteiger partial charge in [0.1, 0.15) is 0 Å². The maximum absolute atomic E-state index is 12.8. The standard InChI is InChI=1S/C25H35N5O.HI/c1-2-26-25(28-16-13-20-11-6-10-19-12-7-15-27-23(19)20)29-22-14-17-30(18-22)24(31)21-8-4-3-5-9-21;/h6-7,10-12,15,21-22H,2-5,8-9,13-14,16-18H2,1H3,(H2,26,28,29);1H. The summed E-state index contributed by atoms with van der Waals surface area (Å²) in [4.78, 5) is 24.3. The van der Waals surface area contributed by atoms with Crippen molar-refractivity contribution < 1.29 is 4.79 Å². The molecule has 1 aliphatic heterocycles. The van der Waals surface area contributed by atoms with Crippen molar-refractivity contribution in [2.75, 3.05) is 26.2 Å². The minimum atomic E-state index is 0. The number of para-hydroxylation sites is 1. The molecule has 0 radical (unpaired) electrons. The molecule has 1 saturated heterocycles. The summed E-state index contributed by atoms with van der Waals surface area (Å²) in [5.41, 5.74) is 2.29. The molecule has 1 atom stereocenters. The smallest absolute Gasteiger partial charge is 0.225 e. The molecule has 0 spiro atoms. The van der Waals surface area contributed by atoms with E-state index < -0.39 is 0 Å². The minimum Gasteiger partial charge on any atom is -0.357 e. The van der Waals surface area contributed by atoms with E-state index in [2.05, 4.69) is 51.7 Å². The van der Waals surface area contributed by atoms with Crippen LogP contribution in [0.1, 0.15) is 51.0 Å². The van der Waals surface area contributed by atoms with Gasteiger partial charge in [0, 0.05) is 49.7 Å². The average Bonchev–Trinajstić information content (AvgIpc) is 3.28. The van der Waals surface area contributed by atoms with Crippen molar-refractivity contribution in [2.45, 2.75) is 57.9 Å². The summed E-state index contributed by atoms with van der Waals surface area (Å²) in [6, 6.07) is 10.7. The van der Waals surface area contributed by atoms with E-state index >= 15 is 0 Å². The summed E-state index contributed by atoms with van der Waals surface area (Å²) in [6.07, 6.45) is 9.51. The highest BCUT2D eigenvalue weighted by Crippen LogP contribution is 2.26. The molecule has 1 aromatic carbocycles. The first-order valence-electron chi connectivity index (χ1n) is 11.9. The van der Waals surface area contributed by atoms with Gasteiger partial charge >= 0.3 is 0 Å². The Balaban J connectivity index is 0.00000289. The molecule has 7 heteroatoms. The Bertz CT molecular complexity index is 907. The Morgan fingerprint density at radius 3 is 2.78 bits per heavy atom. The summed E-state index contributed by atoms with van der Waals surface area (Å²) in [6.45, 7) is 5.24. The molecule has 1 unspecified atom stereocenters. The van der Waals surface area contributed by atoms with E-state index in [-0.39, 0.29) is 35.9 Å². The predicted octanol–water partition coefficient (Wildman–Crippen LogP) is 4.13. The van der Waals surface area contributed by atoms with Gasteiger partial charge in [-0.25, -0.2) is 0 Å². The zero-order valence-electron chi connectivity index (χ0n) is 19.1. The third-order valence-corrected chi connectivity index (χ3v) is 6.51. The highest BCUT2D eigenvalue weighted by Gasteiger charge is 2.31. The van der Waals surface area contributed by atoms with Gasteiger partial charge in [0.2, 0.25) is 5.91 Å². The largest absolute Gasteiger partial charge is 0.357 e. The molecule has 1 saturated carbocycles. The molecule has 1 aromatic heterocycles. The summed E-state index contributed by atoms with van der Waals surface area (Å²) < 4.78 is 0. The third-order valence-electron chi connectivity index (χ3n) is 6.51. The Kier molecular flexibility index (Phi) is 9.56. The minimum absolute atomic E-state index is 0. The number of benzene rings is 1. The van der Waals surface area contributed by atoms with Gasteiger partial charge in [0.05, 0.1) is 5.52 Å². The van der Waals surface area contributed by atoms with Crippen LogP contribution in [0.3, 0.4) is 0 Å². The molecule has 2 fully saturated rings. The van der Waals surface area contributed by atoms with Crippen LogP contribution >= 0.6 is 24.0 Å². The maximum atomic E-state index is 12.8. The number of nitrogens with one attached hydrogen (secondary N) is 2. The highest BCUT2D eigenvalue weighted by atomic mass is 127. The molecule has 32 heavy (non-hydrogen) atoms. The molecule has 6 nitrogen and oxygen atoms in total. The fourth-order valence-corrected chi connectivity index (χ4v) is 4.86. The number of halogens is 1. The van der Waals surface area contributed by atoms with E-state index in [1.54, 1.807) is 0 Å². The van der Waals surface area contributed by atoms with Crippen LogP contribution in [0.4, 0.5) is 0 Å². The molecule has 2 heterocycles. The second-order valence-electron chi connectivity index (χ2n) is 8.75. The zero-order valence-corrected chi connectivity index (χ0v) is 21.4. The molecular weight excluding hydrogens is 513 g/mol. The molecule has 2 N–H and O–H groups in total. The number of rotatable bonds is 6. The van der Waals surface area contributed by atoms with Gasteiger partial charge < -0.3 is 15.5 Å². The number of hydrogen-bond acceptors (Lipinski definition) is 3. The van der Waals surface area contributed by atoms with Crippen molar-refractivity contribution in [1.82, 2.24) is 20.5 Å². The van der Waals surface area contributed by atoms with Crippen LogP contribution < -0.4 is 10.6 Å². The number of nitrogens with zero attached hydrogens (tertiary/aromatic N) is 3. The van der Waals surface area contributed by atoms with Crippen molar-refractivity contribution in [3.05, 3.63) is 42.1 Å². The van der Waals surface area contributed by atoms with E-state index in [4.69, 9.17) is 4.99 Å². The summed E-state index contributed by atoms with van der Waals surface area (Å²) in [5, 5.41) is 8.09. The van der Waals surface area contributed by atoms with Crippen molar-refractivity contribution in [3.8, 4) is 0 Å². The van der Waals surface area contributed by atoms with E-state index in [0.29, 0.717) is 12.5 Å². The van der Waals surface area contributed by atoms with Crippen LogP contribution in [0.15, 0.2) is 41.5 Å². The van der Waals surface area contributed by atoms with Crippen molar-refractivity contribution >= 4 is 46.7 Å². The first kappa shape index (κ1) is 24.7. The first-order valence-corrected chi connectivity index (χ1v) is 11.9. The number of aromatic nitrogens is 1. The summed E-state index contributed by atoms with van der Waals surface area (Å²) in [5.74, 6) is 1.46. The SMILES string of the molecule is CCNC(=NCCc1cccc2cccnc12)NC1CCN(C(=O)C2CCCCC2)C1.I. The highest BCUT2D eigenvalue weighted by molar-refractivity contribution is 14.0. The van der Waals surface area contributed by atoms with E-state index in [0.717, 1.165) is 56.8 Å². The van der Waals surface area contributed by atoms with E-state index in [1.165, 1.54) is 30.2 Å². The van der Waals surface area contributed by atoms with Crippen molar-refractivity contribution in [2.24, 2.45) is 10.9 Å². The van der Waals surface area contributed by atoms with Crippen LogP contribution in [0.25, 0.3) is 10.9 Å². The number of pyridine rings is 1. The number of carbonyl (C=O) groups excluding carboxylic acids is 1. The lowest BCUT2D eigenvalue weighted by Gasteiger charge is -2.26. The first-order chi connectivity index (χ1) is 15.2. The van der Waals surface area contributed by atoms with Gasteiger partial charge in [0.15, 0.2) is 5.96 Å². The van der Waals surface area contributed by atoms with Crippen LogP contribution in [0, 0.1) is 5.92 Å². The number of fused-ring (bicyclic) bond motifs is 1. The van der Waals surface area contributed by atoms with Gasteiger partial charge in [-0.2, -0.15) is 0 Å². The monoisotopic (exact) mass is 549 g/mol. The number of guanidine groups is 1. The second kappa shape index (κ2) is 12.4. The lowest BCUT2D eigenvalue weighted by atomic mass is 9.88. The van der Waals surface area contributed by atoms with Gasteiger partial charge in [-0.1, -0.05) is 43.5 Å². The molecule has 2 aromatic rings. The number of carbonyl (C=O) groups is 1. The Morgan fingerprint density at radius 2 is 1.97 bits per heavy atom. The van der Waals surface area contributed by atoms with Gasteiger partial charge in [-0.05, 0) is 44.2 Å². The van der Waals surface area contributed by atoms with Gasteiger partial charge in [0.25, 0.3) is 0 Å². The van der Waals surface area contributed by atoms with E-state index in [9.17, 15) is 4.79 Å². The Morgan fingerprint density at radius 1 is 1.16 bits per heavy atom. The summed E-state index contributed by atoms with van der Waals surface area (Å²) >= 11 is 0. The third kappa shape index (κ3) is 6.33. The predicted molar refractivity (Wildman–Crippen MR) is 142 cm³/mol. The fraction of sp³-hybridized carbons (Fsp3) is 0.560. The lowest BCUT2D eigenvalue weighted by Crippen LogP contribution is -2.45. The molecule has 2 aliphatic rings. The number of hydrogen-bond donors (Lipinski definition) is 2. The molecule has 4 rings (SSSR count). The molecule has 0 bridgehead atoms. The number of likely N-dealkylation sites (tertiary alicyclic amines) is 1. The lowest BCUT2D eigenvalue weighted by molar-refractivity contribution is -0.135. The second-order valence-corrected chi connectivity index (χ2v) is 8.75. The normalized spacial score (nSPS) is 19.6. The van der Waals surface area contributed by atoms with Crippen LogP contribution in [-0.4, -0.2) is 54.0 Å². The van der Waals surface area contributed by atoms with Crippen molar-refractivity contribution in [3.63, 3.8) is 0 Å². The van der Waals surface area contributed by atoms with Crippen LogP contribution in [0.5, 0.6) is 0 Å². The van der Waals surface area contributed by atoms with Crippen LogP contribution in [-0.2, 0) is 11.2 Å². The number of amides is 1. The van der Waals surface area contributed by atoms with E-state index in [1.807, 2.05) is 12.3 Å². The maximum Gasteiger partial charge on any atom is 0.225 e. The topological polar surface area (TPSA) is 69.6 Å². The molecule has 174 valence electrons.